The first-order valence-corrected chi connectivity index (χ1v) is 15.9. The number of nitrogens with zero attached hydrogens (tertiary/aromatic N) is 4. The Labute approximate surface area is 248 Å². The lowest BCUT2D eigenvalue weighted by Crippen LogP contribution is -2.39. The average Bonchev–Trinajstić information content (AvgIpc) is 3.34. The minimum atomic E-state index is -0.497. The van der Waals surface area contributed by atoms with Crippen LogP contribution in [0.25, 0.3) is 0 Å². The van der Waals surface area contributed by atoms with Gasteiger partial charge in [0.2, 0.25) is 0 Å². The fourth-order valence-corrected chi connectivity index (χ4v) is 6.22. The fraction of sp³-hybridized carbons (Fsp3) is 0.875. The van der Waals surface area contributed by atoms with E-state index in [1.54, 1.807) is 11.9 Å². The van der Waals surface area contributed by atoms with E-state index < -0.39 is 5.60 Å². The molecule has 2 saturated heterocycles. The second-order valence-corrected chi connectivity index (χ2v) is 14.3. The Balaban J connectivity index is 1.44. The van der Waals surface area contributed by atoms with Crippen molar-refractivity contribution in [2.45, 2.75) is 116 Å². The molecule has 3 fully saturated rings. The molecule has 0 aromatic carbocycles. The van der Waals surface area contributed by atoms with Crippen LogP contribution in [0, 0.1) is 11.3 Å². The van der Waals surface area contributed by atoms with E-state index in [4.69, 9.17) is 24.0 Å². The lowest BCUT2D eigenvalue weighted by molar-refractivity contribution is -0.0799. The van der Waals surface area contributed by atoms with Gasteiger partial charge in [-0.2, -0.15) is 5.10 Å². The van der Waals surface area contributed by atoms with E-state index >= 15 is 0 Å². The molecule has 0 radical (unpaired) electrons. The third-order valence-electron chi connectivity index (χ3n) is 9.02. The number of hydrogen-bond donors (Lipinski definition) is 0. The van der Waals surface area contributed by atoms with Gasteiger partial charge in [-0.05, 0) is 90.5 Å². The van der Waals surface area contributed by atoms with Crippen LogP contribution in [0.5, 0.6) is 0 Å². The minimum Gasteiger partial charge on any atom is -0.444 e. The van der Waals surface area contributed by atoms with Gasteiger partial charge in [0.15, 0.2) is 0 Å². The SMILES string of the molecule is CN(CCN(C)C(=O)OC(C)(C)C)Cc1cn(C2CCCCO2)nc1C1CCC(C)(C)[C@H](OCC2CCOCC2)C1. The first kappa shape index (κ1) is 32.2. The molecular formula is C32H56N4O5. The van der Waals surface area contributed by atoms with Crippen LogP contribution >= 0.6 is 0 Å². The Morgan fingerprint density at radius 3 is 2.54 bits per heavy atom. The van der Waals surface area contributed by atoms with Gasteiger partial charge in [0.1, 0.15) is 11.8 Å². The molecule has 2 unspecified atom stereocenters. The number of carbonyl (C=O) groups is 1. The highest BCUT2D eigenvalue weighted by molar-refractivity contribution is 5.67. The average molecular weight is 577 g/mol. The minimum absolute atomic E-state index is 0.0143. The summed E-state index contributed by atoms with van der Waals surface area (Å²) in [7, 11) is 3.92. The number of aromatic nitrogens is 2. The molecule has 3 heterocycles. The van der Waals surface area contributed by atoms with Crippen molar-refractivity contribution in [3.8, 4) is 0 Å². The highest BCUT2D eigenvalue weighted by Gasteiger charge is 2.40. The van der Waals surface area contributed by atoms with Gasteiger partial charge in [0.05, 0.1) is 11.8 Å². The molecule has 1 aliphatic carbocycles. The van der Waals surface area contributed by atoms with Gasteiger partial charge < -0.3 is 28.7 Å². The highest BCUT2D eigenvalue weighted by atomic mass is 16.6. The van der Waals surface area contributed by atoms with Crippen LogP contribution in [-0.4, -0.2) is 91.0 Å². The molecule has 3 aliphatic rings. The maximum atomic E-state index is 12.4. The van der Waals surface area contributed by atoms with Crippen LogP contribution in [-0.2, 0) is 25.5 Å². The van der Waals surface area contributed by atoms with Crippen molar-refractivity contribution >= 4 is 6.09 Å². The van der Waals surface area contributed by atoms with E-state index in [-0.39, 0.29) is 23.8 Å². The lowest BCUT2D eigenvalue weighted by atomic mass is 9.69. The predicted octanol–water partition coefficient (Wildman–Crippen LogP) is 5.99. The Bertz CT molecular complexity index is 962. The maximum Gasteiger partial charge on any atom is 0.410 e. The monoisotopic (exact) mass is 576 g/mol. The summed E-state index contributed by atoms with van der Waals surface area (Å²) in [6.07, 6.45) is 10.9. The van der Waals surface area contributed by atoms with E-state index in [0.29, 0.717) is 18.4 Å². The molecule has 0 N–H and O–H groups in total. The van der Waals surface area contributed by atoms with Gasteiger partial charge >= 0.3 is 6.09 Å². The third kappa shape index (κ3) is 9.40. The number of rotatable bonds is 10. The maximum absolute atomic E-state index is 12.4. The van der Waals surface area contributed by atoms with Crippen LogP contribution in [0.4, 0.5) is 4.79 Å². The standard InChI is InChI=1S/C32H56N4O5/c1-31(2,3)41-30(37)35(7)16-15-34(6)21-26-22-36(28-10-8-9-17-39-28)33-29(26)25-11-14-32(4,5)27(20-25)40-23-24-12-18-38-19-13-24/h22,24-25,27-28H,8-21,23H2,1-7H3/t25?,27-,28?/m1/s1. The zero-order valence-electron chi connectivity index (χ0n) is 26.8. The molecule has 1 aromatic rings. The summed E-state index contributed by atoms with van der Waals surface area (Å²) in [4.78, 5) is 16.4. The van der Waals surface area contributed by atoms with Crippen LogP contribution in [0.15, 0.2) is 6.20 Å². The fourth-order valence-electron chi connectivity index (χ4n) is 6.22. The molecule has 9 heteroatoms. The first-order chi connectivity index (χ1) is 19.4. The Morgan fingerprint density at radius 1 is 1.10 bits per heavy atom. The summed E-state index contributed by atoms with van der Waals surface area (Å²) in [5, 5.41) is 5.21. The van der Waals surface area contributed by atoms with Crippen molar-refractivity contribution in [2.24, 2.45) is 11.3 Å². The topological polar surface area (TPSA) is 78.3 Å². The number of amides is 1. The van der Waals surface area contributed by atoms with Gasteiger partial charge in [0.25, 0.3) is 0 Å². The largest absolute Gasteiger partial charge is 0.444 e. The Morgan fingerprint density at radius 2 is 1.85 bits per heavy atom. The molecule has 0 spiro atoms. The van der Waals surface area contributed by atoms with Crippen molar-refractivity contribution in [3.63, 3.8) is 0 Å². The van der Waals surface area contributed by atoms with Gasteiger partial charge in [-0.15, -0.1) is 0 Å². The van der Waals surface area contributed by atoms with E-state index in [1.165, 1.54) is 17.7 Å². The summed E-state index contributed by atoms with van der Waals surface area (Å²) in [6, 6.07) is 0. The smallest absolute Gasteiger partial charge is 0.410 e. The molecule has 234 valence electrons. The third-order valence-corrected chi connectivity index (χ3v) is 9.02. The second-order valence-electron chi connectivity index (χ2n) is 14.3. The summed E-state index contributed by atoms with van der Waals surface area (Å²) in [5.41, 5.74) is 2.11. The van der Waals surface area contributed by atoms with Gasteiger partial charge in [-0.25, -0.2) is 9.48 Å². The zero-order valence-corrected chi connectivity index (χ0v) is 26.8. The Kier molecular flexibility index (Phi) is 11.2. The molecular weight excluding hydrogens is 520 g/mol. The quantitative estimate of drug-likeness (QED) is 0.339. The molecule has 4 rings (SSSR count). The molecule has 1 saturated carbocycles. The molecule has 2 aliphatic heterocycles. The van der Waals surface area contributed by atoms with E-state index in [9.17, 15) is 4.79 Å². The summed E-state index contributed by atoms with van der Waals surface area (Å²) < 4.78 is 26.0. The van der Waals surface area contributed by atoms with Crippen LogP contribution in [0.1, 0.15) is 109 Å². The van der Waals surface area contributed by atoms with Gasteiger partial charge in [-0.1, -0.05) is 13.8 Å². The van der Waals surface area contributed by atoms with Crippen LogP contribution in [0.3, 0.4) is 0 Å². The van der Waals surface area contributed by atoms with Gasteiger partial charge in [-0.3, -0.25) is 0 Å². The van der Waals surface area contributed by atoms with Crippen molar-refractivity contribution in [1.29, 1.82) is 0 Å². The molecule has 1 amide bonds. The van der Waals surface area contributed by atoms with E-state index in [2.05, 4.69) is 36.7 Å². The summed E-state index contributed by atoms with van der Waals surface area (Å²) in [5.74, 6) is 0.964. The second kappa shape index (κ2) is 14.2. The number of ether oxygens (including phenoxy) is 4. The normalized spacial score (nSPS) is 25.8. The van der Waals surface area contributed by atoms with E-state index in [1.807, 2.05) is 20.8 Å². The van der Waals surface area contributed by atoms with Crippen molar-refractivity contribution in [2.75, 3.05) is 53.6 Å². The predicted molar refractivity (Wildman–Crippen MR) is 160 cm³/mol. The Hall–Kier alpha value is -1.68. The van der Waals surface area contributed by atoms with Crippen molar-refractivity contribution in [1.82, 2.24) is 19.6 Å². The molecule has 3 atom stereocenters. The van der Waals surface area contributed by atoms with Crippen LogP contribution in [0.2, 0.25) is 0 Å². The number of likely N-dealkylation sites (N-methyl/N-ethyl adjacent to an activating group) is 2. The molecule has 41 heavy (non-hydrogen) atoms. The molecule has 1 aromatic heterocycles. The van der Waals surface area contributed by atoms with Gasteiger partial charge in [0, 0.05) is 70.8 Å². The van der Waals surface area contributed by atoms with Crippen LogP contribution < -0.4 is 0 Å². The number of hydrogen-bond acceptors (Lipinski definition) is 7. The summed E-state index contributed by atoms with van der Waals surface area (Å²) in [6.45, 7) is 15.9. The van der Waals surface area contributed by atoms with E-state index in [0.717, 1.165) is 84.5 Å². The first-order valence-electron chi connectivity index (χ1n) is 15.9. The summed E-state index contributed by atoms with van der Waals surface area (Å²) >= 11 is 0. The molecule has 9 nitrogen and oxygen atoms in total. The molecule has 0 bridgehead atoms. The zero-order chi connectivity index (χ0) is 29.6. The van der Waals surface area contributed by atoms with Crippen molar-refractivity contribution in [3.05, 3.63) is 17.5 Å². The van der Waals surface area contributed by atoms with Crippen molar-refractivity contribution < 1.29 is 23.7 Å². The number of carbonyl (C=O) groups excluding carboxylic acids is 1. The highest BCUT2D eigenvalue weighted by Crippen LogP contribution is 2.45. The lowest BCUT2D eigenvalue weighted by Gasteiger charge is -2.42.